The summed E-state index contributed by atoms with van der Waals surface area (Å²) in [5.74, 6) is -1.10. The zero-order chi connectivity index (χ0) is 14.4. The quantitative estimate of drug-likeness (QED) is 0.819. The average Bonchev–Trinajstić information content (AvgIpc) is 2.47. The molecule has 1 aliphatic heterocycles. The summed E-state index contributed by atoms with van der Waals surface area (Å²) in [6, 6.07) is 3.29. The van der Waals surface area contributed by atoms with E-state index in [1.807, 2.05) is 0 Å². The minimum Gasteiger partial charge on any atom is -0.352 e. The van der Waals surface area contributed by atoms with E-state index in [4.69, 9.17) is 0 Å². The third kappa shape index (κ3) is 5.81. The summed E-state index contributed by atoms with van der Waals surface area (Å²) in [6.07, 6.45) is 3.36. The molecule has 0 unspecified atom stereocenters. The van der Waals surface area contributed by atoms with Crippen molar-refractivity contribution in [2.75, 3.05) is 19.6 Å². The fourth-order valence-corrected chi connectivity index (χ4v) is 2.11. The molecule has 0 bridgehead atoms. The molecule has 6 heteroatoms. The van der Waals surface area contributed by atoms with E-state index in [1.54, 1.807) is 0 Å². The summed E-state index contributed by atoms with van der Waals surface area (Å²) < 4.78 is 26.4. The van der Waals surface area contributed by atoms with E-state index in [1.165, 1.54) is 5.57 Å². The zero-order valence-electron chi connectivity index (χ0n) is 11.6. The van der Waals surface area contributed by atoms with E-state index in [0.29, 0.717) is 6.54 Å². The minimum atomic E-state index is -0.485. The number of amides is 1. The number of aryl methyl sites for hydroxylation is 1. The number of hydrogen-bond donors (Lipinski definition) is 2. The first-order valence-corrected chi connectivity index (χ1v) is 6.74. The number of nitrogens with one attached hydrogen (secondary N) is 2. The molecule has 2 rings (SSSR count). The first kappa shape index (κ1) is 17.6. The van der Waals surface area contributed by atoms with Gasteiger partial charge in [-0.2, -0.15) is 0 Å². The third-order valence-electron chi connectivity index (χ3n) is 3.30. The Morgan fingerprint density at radius 1 is 1.33 bits per heavy atom. The lowest BCUT2D eigenvalue weighted by atomic mass is 10.1. The van der Waals surface area contributed by atoms with Gasteiger partial charge in [0.05, 0.1) is 0 Å². The third-order valence-corrected chi connectivity index (χ3v) is 3.30. The molecule has 1 aliphatic rings. The smallest absolute Gasteiger partial charge is 0.220 e. The van der Waals surface area contributed by atoms with Crippen LogP contribution in [0.1, 0.15) is 18.4 Å². The minimum absolute atomic E-state index is 0. The topological polar surface area (TPSA) is 41.1 Å². The lowest BCUT2D eigenvalue weighted by molar-refractivity contribution is -0.120. The molecule has 1 heterocycles. The largest absolute Gasteiger partial charge is 0.352 e. The van der Waals surface area contributed by atoms with Gasteiger partial charge in [-0.1, -0.05) is 11.6 Å². The Morgan fingerprint density at radius 3 is 2.86 bits per heavy atom. The SMILES string of the molecule is Cl.O=C(CCc1cc(F)ccc1F)NCC1=CCNCC1. The highest BCUT2D eigenvalue weighted by Gasteiger charge is 2.09. The van der Waals surface area contributed by atoms with Crippen molar-refractivity contribution in [1.82, 2.24) is 10.6 Å². The normalized spacial score (nSPS) is 14.1. The number of carbonyl (C=O) groups excluding carboxylic acids is 1. The maximum Gasteiger partial charge on any atom is 0.220 e. The zero-order valence-corrected chi connectivity index (χ0v) is 12.4. The maximum atomic E-state index is 13.4. The summed E-state index contributed by atoms with van der Waals surface area (Å²) in [4.78, 5) is 11.7. The summed E-state index contributed by atoms with van der Waals surface area (Å²) in [5.41, 5.74) is 1.44. The van der Waals surface area contributed by atoms with E-state index in [-0.39, 0.29) is 36.7 Å². The van der Waals surface area contributed by atoms with Crippen molar-refractivity contribution in [3.05, 3.63) is 47.0 Å². The first-order valence-electron chi connectivity index (χ1n) is 6.74. The average molecular weight is 317 g/mol. The molecule has 0 atom stereocenters. The molecule has 2 N–H and O–H groups in total. The lowest BCUT2D eigenvalue weighted by Crippen LogP contribution is -2.29. The molecule has 0 saturated heterocycles. The second kappa shape index (κ2) is 8.74. The van der Waals surface area contributed by atoms with Crippen LogP contribution < -0.4 is 10.6 Å². The van der Waals surface area contributed by atoms with Crippen molar-refractivity contribution in [3.8, 4) is 0 Å². The summed E-state index contributed by atoms with van der Waals surface area (Å²) in [7, 11) is 0. The van der Waals surface area contributed by atoms with Crippen molar-refractivity contribution in [1.29, 1.82) is 0 Å². The molecule has 0 saturated carbocycles. The fourth-order valence-electron chi connectivity index (χ4n) is 2.11. The number of benzene rings is 1. The molecule has 116 valence electrons. The van der Waals surface area contributed by atoms with Gasteiger partial charge < -0.3 is 10.6 Å². The van der Waals surface area contributed by atoms with Gasteiger partial charge in [0.2, 0.25) is 5.91 Å². The molecular formula is C15H19ClF2N2O. The molecule has 0 fully saturated rings. The van der Waals surface area contributed by atoms with Crippen molar-refractivity contribution >= 4 is 18.3 Å². The van der Waals surface area contributed by atoms with Gasteiger partial charge in [0.15, 0.2) is 0 Å². The molecule has 0 radical (unpaired) electrons. The van der Waals surface area contributed by atoms with Gasteiger partial charge in [-0.05, 0) is 43.1 Å². The van der Waals surface area contributed by atoms with Crippen LogP contribution in [0.5, 0.6) is 0 Å². The Bertz CT molecular complexity index is 520. The summed E-state index contributed by atoms with van der Waals surface area (Å²) in [5, 5.41) is 6.00. The molecule has 3 nitrogen and oxygen atoms in total. The second-order valence-electron chi connectivity index (χ2n) is 4.83. The maximum absolute atomic E-state index is 13.4. The summed E-state index contributed by atoms with van der Waals surface area (Å²) >= 11 is 0. The van der Waals surface area contributed by atoms with Crippen LogP contribution >= 0.6 is 12.4 Å². The predicted molar refractivity (Wildman–Crippen MR) is 80.5 cm³/mol. The Morgan fingerprint density at radius 2 is 2.14 bits per heavy atom. The van der Waals surface area contributed by atoms with Crippen molar-refractivity contribution in [3.63, 3.8) is 0 Å². The highest BCUT2D eigenvalue weighted by molar-refractivity contribution is 5.85. The summed E-state index contributed by atoms with van der Waals surface area (Å²) in [6.45, 7) is 2.29. The van der Waals surface area contributed by atoms with Crippen LogP contribution in [0, 0.1) is 11.6 Å². The van der Waals surface area contributed by atoms with Crippen LogP contribution in [-0.4, -0.2) is 25.5 Å². The Labute approximate surface area is 129 Å². The van der Waals surface area contributed by atoms with Crippen LogP contribution in [0.2, 0.25) is 0 Å². The van der Waals surface area contributed by atoms with Crippen molar-refractivity contribution in [2.45, 2.75) is 19.3 Å². The van der Waals surface area contributed by atoms with E-state index < -0.39 is 11.6 Å². The van der Waals surface area contributed by atoms with E-state index >= 15 is 0 Å². The van der Waals surface area contributed by atoms with Crippen LogP contribution in [-0.2, 0) is 11.2 Å². The van der Waals surface area contributed by atoms with Gasteiger partial charge in [0, 0.05) is 19.5 Å². The van der Waals surface area contributed by atoms with Gasteiger partial charge >= 0.3 is 0 Å². The van der Waals surface area contributed by atoms with E-state index in [2.05, 4.69) is 16.7 Å². The van der Waals surface area contributed by atoms with E-state index in [0.717, 1.165) is 37.7 Å². The molecule has 0 spiro atoms. The monoisotopic (exact) mass is 316 g/mol. The standard InChI is InChI=1S/C15H18F2N2O.ClH/c16-13-2-3-14(17)12(9-13)1-4-15(20)19-10-11-5-7-18-8-6-11;/h2-3,5,9,18H,1,4,6-8,10H2,(H,19,20);1H. The highest BCUT2D eigenvalue weighted by Crippen LogP contribution is 2.11. The lowest BCUT2D eigenvalue weighted by Gasteiger charge is -2.14. The number of rotatable bonds is 5. The Kier molecular flexibility index (Phi) is 7.32. The number of halogens is 3. The van der Waals surface area contributed by atoms with Crippen molar-refractivity contribution in [2.24, 2.45) is 0 Å². The van der Waals surface area contributed by atoms with Crippen LogP contribution in [0.25, 0.3) is 0 Å². The number of carbonyl (C=O) groups is 1. The van der Waals surface area contributed by atoms with E-state index in [9.17, 15) is 13.6 Å². The van der Waals surface area contributed by atoms with Gasteiger partial charge in [0.25, 0.3) is 0 Å². The molecular weight excluding hydrogens is 298 g/mol. The molecule has 1 aromatic carbocycles. The van der Waals surface area contributed by atoms with Crippen LogP contribution in [0.3, 0.4) is 0 Å². The van der Waals surface area contributed by atoms with Gasteiger partial charge in [-0.25, -0.2) is 8.78 Å². The molecule has 0 aromatic heterocycles. The molecule has 1 amide bonds. The first-order chi connectivity index (χ1) is 9.65. The van der Waals surface area contributed by atoms with Gasteiger partial charge in [-0.15, -0.1) is 12.4 Å². The Balaban J connectivity index is 0.00000220. The molecule has 1 aromatic rings. The fraction of sp³-hybridized carbons (Fsp3) is 0.400. The second-order valence-corrected chi connectivity index (χ2v) is 4.83. The highest BCUT2D eigenvalue weighted by atomic mass is 35.5. The van der Waals surface area contributed by atoms with Gasteiger partial charge in [0.1, 0.15) is 11.6 Å². The van der Waals surface area contributed by atoms with Gasteiger partial charge in [-0.3, -0.25) is 4.79 Å². The Hall–Kier alpha value is -1.46. The number of hydrogen-bond acceptors (Lipinski definition) is 2. The van der Waals surface area contributed by atoms with Crippen molar-refractivity contribution < 1.29 is 13.6 Å². The van der Waals surface area contributed by atoms with Crippen LogP contribution in [0.15, 0.2) is 29.8 Å². The molecule has 21 heavy (non-hydrogen) atoms. The molecule has 0 aliphatic carbocycles. The predicted octanol–water partition coefficient (Wildman–Crippen LogP) is 2.36. The van der Waals surface area contributed by atoms with Crippen LogP contribution in [0.4, 0.5) is 8.78 Å².